The van der Waals surface area contributed by atoms with E-state index in [1.54, 1.807) is 22.7 Å². The molecule has 0 radical (unpaired) electrons. The fourth-order valence-corrected chi connectivity index (χ4v) is 4.00. The molecule has 3 N–H and O–H groups in total. The molecule has 0 aliphatic rings. The highest BCUT2D eigenvalue weighted by atomic mass is 19.1. The van der Waals surface area contributed by atoms with Gasteiger partial charge in [-0.05, 0) is 46.1 Å². The van der Waals surface area contributed by atoms with Gasteiger partial charge >= 0.3 is 0 Å². The zero-order valence-electron chi connectivity index (χ0n) is 23.9. The molecule has 9 nitrogen and oxygen atoms in total. The summed E-state index contributed by atoms with van der Waals surface area (Å²) in [5, 5.41) is 16.1. The predicted octanol–water partition coefficient (Wildman–Crippen LogP) is 4.61. The van der Waals surface area contributed by atoms with E-state index in [-0.39, 0.29) is 11.8 Å². The Kier molecular flexibility index (Phi) is 11.3. The summed E-state index contributed by atoms with van der Waals surface area (Å²) < 4.78 is 11.1. The lowest BCUT2D eigenvalue weighted by Crippen LogP contribution is -2.50. The summed E-state index contributed by atoms with van der Waals surface area (Å²) in [6.07, 6.45) is 6.40. The predicted molar refractivity (Wildman–Crippen MR) is 152 cm³/mol. The molecule has 3 rings (SSSR count). The SMILES string of the molecule is CF.Cc1ccc(-c2cc(C(C)C)c(=N)n(/C=C/CCN(CC(C)(C)NC=O)C(=O)c3cnc(C)[nH]3)n2)cc1. The van der Waals surface area contributed by atoms with Crippen LogP contribution in [0.5, 0.6) is 0 Å². The molecule has 0 bridgehead atoms. The van der Waals surface area contributed by atoms with Gasteiger partial charge in [0, 0.05) is 30.4 Å². The lowest BCUT2D eigenvalue weighted by atomic mass is 10.0. The quantitative estimate of drug-likeness (QED) is 0.310. The van der Waals surface area contributed by atoms with Crippen LogP contribution in [0.15, 0.2) is 42.6 Å². The number of rotatable bonds is 11. The summed E-state index contributed by atoms with van der Waals surface area (Å²) >= 11 is 0. The van der Waals surface area contributed by atoms with Crippen molar-refractivity contribution < 1.29 is 14.0 Å². The van der Waals surface area contributed by atoms with Gasteiger partial charge in [0.2, 0.25) is 6.41 Å². The van der Waals surface area contributed by atoms with Crippen molar-refractivity contribution in [2.45, 2.75) is 59.4 Å². The van der Waals surface area contributed by atoms with Crippen molar-refractivity contribution in [2.75, 3.05) is 20.3 Å². The highest BCUT2D eigenvalue weighted by Gasteiger charge is 2.25. The number of alkyl halides is 1. The molecule has 0 aliphatic heterocycles. The number of amides is 2. The topological polar surface area (TPSA) is 120 Å². The molecule has 3 aromatic rings. The molecule has 1 aromatic carbocycles. The molecule has 39 heavy (non-hydrogen) atoms. The van der Waals surface area contributed by atoms with Gasteiger partial charge in [-0.3, -0.25) is 19.4 Å². The van der Waals surface area contributed by atoms with Gasteiger partial charge in [0.05, 0.1) is 24.6 Å². The van der Waals surface area contributed by atoms with Crippen molar-refractivity contribution in [3.63, 3.8) is 0 Å². The van der Waals surface area contributed by atoms with Gasteiger partial charge in [-0.2, -0.15) is 5.10 Å². The van der Waals surface area contributed by atoms with Crippen molar-refractivity contribution in [3.8, 4) is 11.3 Å². The van der Waals surface area contributed by atoms with Gasteiger partial charge in [-0.15, -0.1) is 0 Å². The lowest BCUT2D eigenvalue weighted by molar-refractivity contribution is -0.111. The fourth-order valence-electron chi connectivity index (χ4n) is 4.00. The van der Waals surface area contributed by atoms with Gasteiger partial charge in [0.25, 0.3) is 5.91 Å². The van der Waals surface area contributed by atoms with Gasteiger partial charge in [0.15, 0.2) is 0 Å². The summed E-state index contributed by atoms with van der Waals surface area (Å²) in [6.45, 7) is 12.4. The van der Waals surface area contributed by atoms with E-state index in [1.165, 1.54) is 11.8 Å². The van der Waals surface area contributed by atoms with Crippen LogP contribution in [0, 0.1) is 19.3 Å². The third-order valence-electron chi connectivity index (χ3n) is 6.05. The maximum absolute atomic E-state index is 13.2. The summed E-state index contributed by atoms with van der Waals surface area (Å²) in [6, 6.07) is 10.2. The minimum absolute atomic E-state index is 0.165. The first-order valence-corrected chi connectivity index (χ1v) is 12.8. The van der Waals surface area contributed by atoms with E-state index >= 15 is 0 Å². The molecule has 2 heterocycles. The summed E-state index contributed by atoms with van der Waals surface area (Å²) in [5.41, 5.74) is 4.01. The van der Waals surface area contributed by atoms with Crippen LogP contribution in [0.25, 0.3) is 17.5 Å². The van der Waals surface area contributed by atoms with Crippen LogP contribution in [0.3, 0.4) is 0 Å². The van der Waals surface area contributed by atoms with Crippen molar-refractivity contribution in [3.05, 3.63) is 70.7 Å². The molecular weight excluding hydrogens is 497 g/mol. The van der Waals surface area contributed by atoms with E-state index in [9.17, 15) is 14.0 Å². The Morgan fingerprint density at radius 2 is 1.90 bits per heavy atom. The Morgan fingerprint density at radius 1 is 1.23 bits per heavy atom. The number of H-pyrrole nitrogens is 1. The van der Waals surface area contributed by atoms with Crippen LogP contribution in [-0.2, 0) is 4.79 Å². The third-order valence-corrected chi connectivity index (χ3v) is 6.05. The number of nitrogens with one attached hydrogen (secondary N) is 3. The molecular formula is C29H40FN7O2. The number of hydrogen-bond acceptors (Lipinski definition) is 5. The number of benzene rings is 1. The molecule has 0 unspecified atom stereocenters. The summed E-state index contributed by atoms with van der Waals surface area (Å²) in [4.78, 5) is 33.0. The van der Waals surface area contributed by atoms with Crippen LogP contribution in [0.2, 0.25) is 0 Å². The smallest absolute Gasteiger partial charge is 0.272 e. The number of carbonyl (C=O) groups is 2. The van der Waals surface area contributed by atoms with Gasteiger partial charge in [0.1, 0.15) is 17.0 Å². The van der Waals surface area contributed by atoms with E-state index in [4.69, 9.17) is 10.5 Å². The molecule has 0 saturated carbocycles. The minimum atomic E-state index is -0.602. The number of aromatic amines is 1. The minimum Gasteiger partial charge on any atom is -0.352 e. The number of aromatic nitrogens is 4. The lowest BCUT2D eigenvalue weighted by Gasteiger charge is -2.32. The molecule has 0 atom stereocenters. The second-order valence-electron chi connectivity index (χ2n) is 10.2. The van der Waals surface area contributed by atoms with Gasteiger partial charge in [-0.1, -0.05) is 49.8 Å². The largest absolute Gasteiger partial charge is 0.352 e. The fraction of sp³-hybridized carbons (Fsp3) is 0.414. The first-order valence-electron chi connectivity index (χ1n) is 12.8. The van der Waals surface area contributed by atoms with E-state index in [2.05, 4.69) is 41.3 Å². The van der Waals surface area contributed by atoms with E-state index in [1.807, 2.05) is 45.0 Å². The van der Waals surface area contributed by atoms with Crippen molar-refractivity contribution in [2.24, 2.45) is 0 Å². The number of carbonyl (C=O) groups excluding carboxylic acids is 2. The first-order chi connectivity index (χ1) is 18.5. The monoisotopic (exact) mass is 537 g/mol. The molecule has 210 valence electrons. The molecule has 0 fully saturated rings. The molecule has 0 spiro atoms. The van der Waals surface area contributed by atoms with Crippen molar-refractivity contribution in [1.29, 1.82) is 5.41 Å². The average molecular weight is 538 g/mol. The van der Waals surface area contributed by atoms with Crippen LogP contribution in [0.1, 0.15) is 67.5 Å². The number of nitrogens with zero attached hydrogens (tertiary/aromatic N) is 4. The van der Waals surface area contributed by atoms with Crippen LogP contribution in [0.4, 0.5) is 4.39 Å². The average Bonchev–Trinajstić information content (AvgIpc) is 3.33. The van der Waals surface area contributed by atoms with Gasteiger partial charge in [-0.25, -0.2) is 9.67 Å². The van der Waals surface area contributed by atoms with Crippen molar-refractivity contribution >= 4 is 18.5 Å². The number of halogens is 1. The van der Waals surface area contributed by atoms with Gasteiger partial charge < -0.3 is 15.2 Å². The Morgan fingerprint density at radius 3 is 2.46 bits per heavy atom. The zero-order chi connectivity index (χ0) is 29.2. The van der Waals surface area contributed by atoms with Crippen molar-refractivity contribution in [1.82, 2.24) is 30.0 Å². The van der Waals surface area contributed by atoms with Crippen LogP contribution in [-0.4, -0.2) is 62.8 Å². The van der Waals surface area contributed by atoms with E-state index < -0.39 is 5.54 Å². The highest BCUT2D eigenvalue weighted by Crippen LogP contribution is 2.20. The zero-order valence-corrected chi connectivity index (χ0v) is 23.9. The van der Waals surface area contributed by atoms with E-state index in [0.717, 1.165) is 16.8 Å². The maximum atomic E-state index is 13.2. The Labute approximate surface area is 229 Å². The highest BCUT2D eigenvalue weighted by molar-refractivity contribution is 5.92. The Bertz CT molecular complexity index is 1320. The first kappa shape index (κ1) is 31.1. The number of aryl methyl sites for hydroxylation is 2. The Hall–Kier alpha value is -4.08. The molecule has 2 aromatic heterocycles. The summed E-state index contributed by atoms with van der Waals surface area (Å²) in [7, 11) is 0.500. The normalized spacial score (nSPS) is 11.3. The standard InChI is InChI=1S/C28H37N7O2.CH3F/c1-19(2)23-15-24(22-11-9-20(3)10-12-22)33-35(26(23)29)14-8-7-13-34(17-28(5,6)31-18-36)27(37)25-16-30-21(4)32-25;1-2/h8-12,14-16,18-19,29H,7,13,17H2,1-6H3,(H,30,32)(H,31,36);1H3/b14-8+,29-26?;. The molecule has 10 heteroatoms. The number of imidazole rings is 1. The van der Waals surface area contributed by atoms with Crippen LogP contribution < -0.4 is 10.8 Å². The Balaban J connectivity index is 0.00000260. The van der Waals surface area contributed by atoms with E-state index in [0.29, 0.717) is 50.1 Å². The molecule has 0 aliphatic carbocycles. The third kappa shape index (κ3) is 8.73. The summed E-state index contributed by atoms with van der Waals surface area (Å²) in [5.74, 6) is 0.636. The second-order valence-corrected chi connectivity index (χ2v) is 10.2. The maximum Gasteiger partial charge on any atom is 0.272 e. The second kappa shape index (κ2) is 14.2. The molecule has 2 amide bonds. The number of hydrogen-bond donors (Lipinski definition) is 3. The molecule has 0 saturated heterocycles. The van der Waals surface area contributed by atoms with Crippen LogP contribution >= 0.6 is 0 Å².